The lowest BCUT2D eigenvalue weighted by atomic mass is 9.84. The fraction of sp³-hybridized carbons (Fsp3) is 1.00. The molecule has 0 heterocycles. The van der Waals surface area contributed by atoms with E-state index in [0.29, 0.717) is 0 Å². The summed E-state index contributed by atoms with van der Waals surface area (Å²) in [7, 11) is 0. The van der Waals surface area contributed by atoms with Crippen molar-refractivity contribution in [2.24, 2.45) is 0 Å². The van der Waals surface area contributed by atoms with Crippen LogP contribution < -0.4 is 0 Å². The molecule has 0 aliphatic rings. The Morgan fingerprint density at radius 1 is 0.279 bits per heavy atom. The van der Waals surface area contributed by atoms with Crippen LogP contribution in [0.2, 0.25) is 0 Å². The molecule has 0 aliphatic heterocycles. The number of hydrogen-bond acceptors (Lipinski definition) is 0. The zero-order chi connectivity index (χ0) is 36.1. The molecule has 0 nitrogen and oxygen atoms in total. The quantitative estimate of drug-likeness (QED) is 0.105. The van der Waals surface area contributed by atoms with Crippen molar-refractivity contribution >= 4 is 22.6 Å². The van der Waals surface area contributed by atoms with E-state index in [0.717, 1.165) is 0 Å². The van der Waals surface area contributed by atoms with Crippen molar-refractivity contribution in [2.75, 3.05) is 0 Å². The van der Waals surface area contributed by atoms with E-state index in [4.69, 9.17) is 0 Å². The summed E-state index contributed by atoms with van der Waals surface area (Å²) < 4.78 is 355. The first-order valence-corrected chi connectivity index (χ1v) is 10.4. The molecule has 1 unspecified atom stereocenters. The van der Waals surface area contributed by atoms with Crippen molar-refractivity contribution in [1.29, 1.82) is 0 Å². The van der Waals surface area contributed by atoms with Gasteiger partial charge in [-0.3, -0.25) is 0 Å². The van der Waals surface area contributed by atoms with Crippen molar-refractivity contribution in [3.63, 3.8) is 0 Å². The van der Waals surface area contributed by atoms with Crippen LogP contribution in [0.15, 0.2) is 0 Å². The molecule has 0 fully saturated rings. The lowest BCUT2D eigenvalue weighted by Crippen LogP contribution is -2.79. The highest BCUT2D eigenvalue weighted by molar-refractivity contribution is 14.1. The van der Waals surface area contributed by atoms with Gasteiger partial charge in [0.2, 0.25) is 0 Å². The molecule has 0 aromatic rings. The second-order valence-electron chi connectivity index (χ2n) is 8.06. The van der Waals surface area contributed by atoms with Gasteiger partial charge in [0.1, 0.15) is 0 Å². The van der Waals surface area contributed by atoms with Crippen LogP contribution in [0.25, 0.3) is 0 Å². The second-order valence-corrected chi connectivity index (χ2v) is 9.92. The summed E-state index contributed by atoms with van der Waals surface area (Å²) in [4.78, 5) is 0. The summed E-state index contributed by atoms with van der Waals surface area (Å²) in [5.74, 6) is -109. The third-order valence-corrected chi connectivity index (χ3v) is 6.00. The molecule has 260 valence electrons. The van der Waals surface area contributed by atoms with Crippen molar-refractivity contribution in [3.05, 3.63) is 0 Å². The Bertz CT molecular complexity index is 1010. The molecule has 43 heavy (non-hydrogen) atoms. The Labute approximate surface area is 230 Å². The van der Waals surface area contributed by atoms with E-state index in [1.165, 1.54) is 0 Å². The van der Waals surface area contributed by atoms with Crippen LogP contribution in [0.1, 0.15) is 6.92 Å². The molecular formula is C15H4F27I. The first kappa shape index (κ1) is 41.8. The normalized spacial score (nSPS) is 17.8. The largest absolute Gasteiger partial charge is 0.460 e. The van der Waals surface area contributed by atoms with Crippen LogP contribution in [0, 0.1) is 0 Å². The summed E-state index contributed by atoms with van der Waals surface area (Å²) in [6, 6.07) is 0. The predicted molar refractivity (Wildman–Crippen MR) is 88.9 cm³/mol. The van der Waals surface area contributed by atoms with E-state index in [9.17, 15) is 119 Å². The Kier molecular flexibility index (Phi) is 9.89. The molecule has 0 N–H and O–H groups in total. The van der Waals surface area contributed by atoms with Gasteiger partial charge < -0.3 is 0 Å². The Balaban J connectivity index is 7.47. The SMILES string of the molecule is CC(I)C(F)(F)C(F)(F)C(F)(F)C(F)(F)C(F)(F)C(F)(F)C(F)(F)C(F)(F)C(F)(F)C(F)(F)C(F)(F)C(F)(F)C(F)(F)F. The third-order valence-electron chi connectivity index (χ3n) is 5.22. The second kappa shape index (κ2) is 10.2. The average molecular weight is 824 g/mol. The minimum Gasteiger partial charge on any atom is -0.198 e. The molecule has 0 saturated heterocycles. The van der Waals surface area contributed by atoms with Gasteiger partial charge in [0.15, 0.2) is 0 Å². The van der Waals surface area contributed by atoms with Crippen LogP contribution in [-0.4, -0.2) is 81.2 Å². The van der Waals surface area contributed by atoms with Crippen LogP contribution in [0.4, 0.5) is 119 Å². The fourth-order valence-corrected chi connectivity index (χ4v) is 2.80. The smallest absolute Gasteiger partial charge is 0.198 e. The van der Waals surface area contributed by atoms with Crippen molar-refractivity contribution in [1.82, 2.24) is 0 Å². The molecule has 0 saturated carbocycles. The zero-order valence-electron chi connectivity index (χ0n) is 18.7. The van der Waals surface area contributed by atoms with Gasteiger partial charge in [0, 0.05) is 0 Å². The van der Waals surface area contributed by atoms with Crippen LogP contribution in [0.3, 0.4) is 0 Å². The topological polar surface area (TPSA) is 0 Å². The maximum absolute atomic E-state index is 13.7. The Morgan fingerprint density at radius 3 is 0.558 bits per heavy atom. The molecule has 0 rings (SSSR count). The number of alkyl halides is 28. The maximum Gasteiger partial charge on any atom is 0.460 e. The third kappa shape index (κ3) is 4.84. The zero-order valence-corrected chi connectivity index (χ0v) is 20.8. The summed E-state index contributed by atoms with van der Waals surface area (Å²) in [5, 5.41) is 0. The summed E-state index contributed by atoms with van der Waals surface area (Å²) in [6.07, 6.45) is -8.22. The first-order valence-electron chi connectivity index (χ1n) is 9.19. The van der Waals surface area contributed by atoms with Crippen molar-refractivity contribution in [3.8, 4) is 0 Å². The van der Waals surface area contributed by atoms with Gasteiger partial charge in [0.05, 0.1) is 3.92 Å². The molecule has 1 atom stereocenters. The molecule has 0 radical (unpaired) electrons. The molecule has 0 aromatic carbocycles. The number of hydrogen-bond donors (Lipinski definition) is 0. The van der Waals surface area contributed by atoms with Crippen molar-refractivity contribution in [2.45, 2.75) is 88.1 Å². The Morgan fingerprint density at radius 2 is 0.419 bits per heavy atom. The van der Waals surface area contributed by atoms with E-state index >= 15 is 0 Å². The monoisotopic (exact) mass is 824 g/mol. The molecule has 0 amide bonds. The highest BCUT2D eigenvalue weighted by Crippen LogP contribution is 2.68. The molecule has 0 spiro atoms. The van der Waals surface area contributed by atoms with Gasteiger partial charge in [-0.2, -0.15) is 119 Å². The van der Waals surface area contributed by atoms with Crippen LogP contribution >= 0.6 is 22.6 Å². The van der Waals surface area contributed by atoms with E-state index < -0.39 is 81.2 Å². The number of rotatable bonds is 12. The van der Waals surface area contributed by atoms with Gasteiger partial charge in [-0.1, -0.05) is 22.6 Å². The molecule has 0 bridgehead atoms. The van der Waals surface area contributed by atoms with Crippen LogP contribution in [-0.2, 0) is 0 Å². The molecule has 28 heteroatoms. The van der Waals surface area contributed by atoms with E-state index in [2.05, 4.69) is 0 Å². The van der Waals surface area contributed by atoms with E-state index in [-0.39, 0.29) is 29.5 Å². The van der Waals surface area contributed by atoms with Gasteiger partial charge in [0.25, 0.3) is 0 Å². The van der Waals surface area contributed by atoms with Gasteiger partial charge >= 0.3 is 77.2 Å². The van der Waals surface area contributed by atoms with Gasteiger partial charge in [-0.15, -0.1) is 0 Å². The molecular weight excluding hydrogens is 820 g/mol. The lowest BCUT2D eigenvalue weighted by molar-refractivity contribution is -0.484. The lowest BCUT2D eigenvalue weighted by Gasteiger charge is -2.46. The minimum absolute atomic E-state index is 0.0307. The highest BCUT2D eigenvalue weighted by Gasteiger charge is 3.00. The Hall–Kier alpha value is -1.16. The van der Waals surface area contributed by atoms with Crippen LogP contribution in [0.5, 0.6) is 0 Å². The van der Waals surface area contributed by atoms with Crippen molar-refractivity contribution < 1.29 is 119 Å². The van der Waals surface area contributed by atoms with Gasteiger partial charge in [-0.05, 0) is 6.92 Å². The summed E-state index contributed by atoms with van der Waals surface area (Å²) in [5.41, 5.74) is 0. The molecule has 0 aromatic heterocycles. The maximum atomic E-state index is 13.7. The number of halogens is 28. The summed E-state index contributed by atoms with van der Waals surface area (Å²) >= 11 is -0.0307. The van der Waals surface area contributed by atoms with E-state index in [1.54, 1.807) is 0 Å². The van der Waals surface area contributed by atoms with Gasteiger partial charge in [-0.25, -0.2) is 0 Å². The average Bonchev–Trinajstić information content (AvgIpc) is 2.76. The summed E-state index contributed by atoms with van der Waals surface area (Å²) in [6.45, 7) is -0.301. The highest BCUT2D eigenvalue weighted by atomic mass is 127. The standard InChI is InChI=1S/C15H4F27I/c1-2(43)3(16,17)4(18,19)5(20,21)6(22,23)7(24,25)8(26,27)9(28,29)10(30,31)11(32,33)12(34,35)13(36,37)14(38,39)15(40,41)42/h2H,1H3. The first-order chi connectivity index (χ1) is 17.9. The predicted octanol–water partition coefficient (Wildman–Crippen LogP) is 10.00. The molecule has 0 aliphatic carbocycles. The van der Waals surface area contributed by atoms with E-state index in [1.807, 2.05) is 0 Å². The fourth-order valence-electron chi connectivity index (χ4n) is 2.41. The minimum atomic E-state index is -9.74.